The molecule has 1 fully saturated rings. The largest absolute Gasteiger partial charge is 0.366 e. The third kappa shape index (κ3) is 3.45. The van der Waals surface area contributed by atoms with E-state index in [0.717, 1.165) is 48.5 Å². The van der Waals surface area contributed by atoms with Gasteiger partial charge in [-0.3, -0.25) is 4.79 Å². The molecule has 1 saturated heterocycles. The number of rotatable bonds is 5. The minimum Gasteiger partial charge on any atom is -0.366 e. The molecule has 0 radical (unpaired) electrons. The Bertz CT molecular complexity index is 913. The zero-order valence-corrected chi connectivity index (χ0v) is 14.2. The van der Waals surface area contributed by atoms with Gasteiger partial charge in [0.1, 0.15) is 11.5 Å². The van der Waals surface area contributed by atoms with Gasteiger partial charge in [-0.25, -0.2) is 0 Å². The highest BCUT2D eigenvalue weighted by Gasteiger charge is 2.16. The number of carbonyl (C=O) groups excluding carboxylic acids is 1. The molecule has 26 heavy (non-hydrogen) atoms. The molecule has 0 bridgehead atoms. The van der Waals surface area contributed by atoms with Crippen molar-refractivity contribution in [1.82, 2.24) is 20.3 Å². The molecule has 134 valence electrons. The number of aromatic amines is 1. The molecule has 3 heterocycles. The number of amides is 1. The van der Waals surface area contributed by atoms with E-state index in [4.69, 9.17) is 5.73 Å². The summed E-state index contributed by atoms with van der Waals surface area (Å²) < 4.78 is 0. The van der Waals surface area contributed by atoms with Crippen molar-refractivity contribution in [2.24, 2.45) is 5.73 Å². The number of benzene rings is 1. The molecule has 1 amide bonds. The maximum Gasteiger partial charge on any atom is 0.248 e. The molecule has 1 aromatic carbocycles. The van der Waals surface area contributed by atoms with Crippen molar-refractivity contribution in [2.45, 2.75) is 18.9 Å². The summed E-state index contributed by atoms with van der Waals surface area (Å²) in [5, 5.41) is 11.1. The number of aromatic nitrogens is 3. The SMILES string of the molecule is NC(=O)c1ccc(Nc2nc(NC3CCCNC3)c3cc[nH]c3n2)cc1. The van der Waals surface area contributed by atoms with Crippen LogP contribution in [0.5, 0.6) is 0 Å². The van der Waals surface area contributed by atoms with Gasteiger partial charge >= 0.3 is 0 Å². The van der Waals surface area contributed by atoms with Crippen LogP contribution in [0.1, 0.15) is 23.2 Å². The molecular weight excluding hydrogens is 330 g/mol. The Balaban J connectivity index is 1.59. The van der Waals surface area contributed by atoms with Crippen LogP contribution in [0, 0.1) is 0 Å². The number of nitrogens with one attached hydrogen (secondary N) is 4. The molecule has 0 spiro atoms. The molecule has 8 heteroatoms. The first-order valence-corrected chi connectivity index (χ1v) is 8.68. The number of H-pyrrole nitrogens is 1. The molecule has 1 aliphatic heterocycles. The number of nitrogens with two attached hydrogens (primary N) is 1. The highest BCUT2D eigenvalue weighted by molar-refractivity contribution is 5.93. The first-order chi connectivity index (χ1) is 12.7. The van der Waals surface area contributed by atoms with Gasteiger partial charge in [-0.2, -0.15) is 9.97 Å². The third-order valence-corrected chi connectivity index (χ3v) is 4.48. The Hall–Kier alpha value is -3.13. The van der Waals surface area contributed by atoms with Gasteiger partial charge in [0.25, 0.3) is 0 Å². The molecule has 1 unspecified atom stereocenters. The molecule has 0 aliphatic carbocycles. The monoisotopic (exact) mass is 351 g/mol. The van der Waals surface area contributed by atoms with Crippen LogP contribution in [0.2, 0.25) is 0 Å². The van der Waals surface area contributed by atoms with Gasteiger partial charge in [0, 0.05) is 30.0 Å². The Labute approximate surface area is 150 Å². The Morgan fingerprint density at radius 2 is 2.04 bits per heavy atom. The summed E-state index contributed by atoms with van der Waals surface area (Å²) in [4.78, 5) is 23.5. The summed E-state index contributed by atoms with van der Waals surface area (Å²) in [7, 11) is 0. The van der Waals surface area contributed by atoms with E-state index in [1.807, 2.05) is 12.3 Å². The van der Waals surface area contributed by atoms with Gasteiger partial charge in [0.15, 0.2) is 0 Å². The van der Waals surface area contributed by atoms with Crippen molar-refractivity contribution < 1.29 is 4.79 Å². The van der Waals surface area contributed by atoms with Crippen molar-refractivity contribution in [1.29, 1.82) is 0 Å². The average Bonchev–Trinajstić information content (AvgIpc) is 3.12. The molecule has 0 saturated carbocycles. The number of primary amides is 1. The molecule has 2 aromatic heterocycles. The topological polar surface area (TPSA) is 121 Å². The standard InChI is InChI=1S/C18H21N7O/c19-15(26)11-3-5-12(6-4-11)23-18-24-16-14(7-9-21-16)17(25-18)22-13-2-1-8-20-10-13/h3-7,9,13,20H,1-2,8,10H2,(H2,19,26)(H3,21,22,23,24,25). The zero-order valence-electron chi connectivity index (χ0n) is 14.2. The second-order valence-corrected chi connectivity index (χ2v) is 6.39. The first kappa shape index (κ1) is 16.3. The molecule has 6 N–H and O–H groups in total. The molecule has 1 aliphatic rings. The molecule has 8 nitrogen and oxygen atoms in total. The zero-order chi connectivity index (χ0) is 17.9. The van der Waals surface area contributed by atoms with Crippen LogP contribution in [0.3, 0.4) is 0 Å². The van der Waals surface area contributed by atoms with E-state index < -0.39 is 5.91 Å². The number of hydrogen-bond acceptors (Lipinski definition) is 6. The Kier molecular flexibility index (Phi) is 4.40. The van der Waals surface area contributed by atoms with E-state index in [1.165, 1.54) is 0 Å². The highest BCUT2D eigenvalue weighted by Crippen LogP contribution is 2.24. The van der Waals surface area contributed by atoms with E-state index >= 15 is 0 Å². The van der Waals surface area contributed by atoms with Crippen molar-refractivity contribution in [3.8, 4) is 0 Å². The van der Waals surface area contributed by atoms with Crippen molar-refractivity contribution in [3.63, 3.8) is 0 Å². The fourth-order valence-corrected chi connectivity index (χ4v) is 3.12. The van der Waals surface area contributed by atoms with Crippen molar-refractivity contribution in [3.05, 3.63) is 42.1 Å². The summed E-state index contributed by atoms with van der Waals surface area (Å²) in [5.41, 5.74) is 7.29. The number of hydrogen-bond donors (Lipinski definition) is 5. The molecule has 1 atom stereocenters. The van der Waals surface area contributed by atoms with E-state index in [1.54, 1.807) is 24.3 Å². The summed E-state index contributed by atoms with van der Waals surface area (Å²) in [6.07, 6.45) is 4.12. The van der Waals surface area contributed by atoms with Crippen LogP contribution in [0.4, 0.5) is 17.5 Å². The van der Waals surface area contributed by atoms with Crippen molar-refractivity contribution >= 4 is 34.4 Å². The van der Waals surface area contributed by atoms with E-state index in [9.17, 15) is 4.79 Å². The van der Waals surface area contributed by atoms with Crippen LogP contribution < -0.4 is 21.7 Å². The fourth-order valence-electron chi connectivity index (χ4n) is 3.12. The quantitative estimate of drug-likeness (QED) is 0.479. The van der Waals surface area contributed by atoms with Crippen LogP contribution >= 0.6 is 0 Å². The van der Waals surface area contributed by atoms with E-state index in [-0.39, 0.29) is 0 Å². The predicted molar refractivity (Wildman–Crippen MR) is 102 cm³/mol. The van der Waals surface area contributed by atoms with Crippen LogP contribution in [0.15, 0.2) is 36.5 Å². The lowest BCUT2D eigenvalue weighted by atomic mass is 10.1. The predicted octanol–water partition coefficient (Wildman–Crippen LogP) is 1.96. The second kappa shape index (κ2) is 7.01. The lowest BCUT2D eigenvalue weighted by Crippen LogP contribution is -2.38. The summed E-state index contributed by atoms with van der Waals surface area (Å²) in [5.74, 6) is 0.840. The highest BCUT2D eigenvalue weighted by atomic mass is 16.1. The van der Waals surface area contributed by atoms with E-state index in [0.29, 0.717) is 17.6 Å². The van der Waals surface area contributed by atoms with Crippen LogP contribution in [-0.2, 0) is 0 Å². The van der Waals surface area contributed by atoms with Gasteiger partial charge in [-0.15, -0.1) is 0 Å². The first-order valence-electron chi connectivity index (χ1n) is 8.68. The minimum absolute atomic E-state index is 0.347. The smallest absolute Gasteiger partial charge is 0.248 e. The summed E-state index contributed by atoms with van der Waals surface area (Å²) >= 11 is 0. The summed E-state index contributed by atoms with van der Waals surface area (Å²) in [6.45, 7) is 1.99. The molecule has 4 rings (SSSR count). The Morgan fingerprint density at radius 1 is 1.19 bits per heavy atom. The van der Waals surface area contributed by atoms with E-state index in [2.05, 4.69) is 30.9 Å². The number of anilines is 3. The maximum absolute atomic E-state index is 11.2. The molecule has 3 aromatic rings. The second-order valence-electron chi connectivity index (χ2n) is 6.39. The summed E-state index contributed by atoms with van der Waals surface area (Å²) in [6, 6.07) is 9.22. The van der Waals surface area contributed by atoms with Crippen molar-refractivity contribution in [2.75, 3.05) is 23.7 Å². The van der Waals surface area contributed by atoms with Gasteiger partial charge in [-0.05, 0) is 49.7 Å². The molecular formula is C18H21N7O. The number of piperidine rings is 1. The maximum atomic E-state index is 11.2. The van der Waals surface area contributed by atoms with Crippen LogP contribution in [0.25, 0.3) is 11.0 Å². The van der Waals surface area contributed by atoms with Gasteiger partial charge in [0.05, 0.1) is 5.39 Å². The number of fused-ring (bicyclic) bond motifs is 1. The normalized spacial score (nSPS) is 17.2. The van der Waals surface area contributed by atoms with Gasteiger partial charge in [0.2, 0.25) is 11.9 Å². The Morgan fingerprint density at radius 3 is 2.77 bits per heavy atom. The van der Waals surface area contributed by atoms with Crippen LogP contribution in [-0.4, -0.2) is 40.0 Å². The fraction of sp³-hybridized carbons (Fsp3) is 0.278. The lowest BCUT2D eigenvalue weighted by molar-refractivity contribution is 0.100. The number of nitrogens with zero attached hydrogens (tertiary/aromatic N) is 2. The average molecular weight is 351 g/mol. The van der Waals surface area contributed by atoms with Gasteiger partial charge < -0.3 is 26.7 Å². The van der Waals surface area contributed by atoms with Gasteiger partial charge in [-0.1, -0.05) is 0 Å². The number of carbonyl (C=O) groups is 1. The lowest BCUT2D eigenvalue weighted by Gasteiger charge is -2.24. The third-order valence-electron chi connectivity index (χ3n) is 4.48. The minimum atomic E-state index is -0.451.